The summed E-state index contributed by atoms with van der Waals surface area (Å²) in [4.78, 5) is 6.21. The Morgan fingerprint density at radius 2 is 1.14 bits per heavy atom. The molecule has 2 aromatic heterocycles. The van der Waals surface area contributed by atoms with E-state index in [2.05, 4.69) is 215 Å². The van der Waals surface area contributed by atoms with Gasteiger partial charge in [0, 0.05) is 49.7 Å². The molecule has 0 radical (unpaired) electrons. The van der Waals surface area contributed by atoms with E-state index in [4.69, 9.17) is 6.42 Å². The molecule has 3 heteroatoms. The monoisotopic (exact) mass is 753 g/mol. The van der Waals surface area contributed by atoms with Crippen molar-refractivity contribution in [3.63, 3.8) is 0 Å². The number of hydrogen-bond acceptors (Lipinski definition) is 1. The van der Waals surface area contributed by atoms with Gasteiger partial charge in [0.2, 0.25) is 0 Å². The summed E-state index contributed by atoms with van der Waals surface area (Å²) in [7, 11) is 0. The lowest BCUT2D eigenvalue weighted by Gasteiger charge is -2.27. The second kappa shape index (κ2) is 15.1. The van der Waals surface area contributed by atoms with Crippen LogP contribution < -0.4 is 4.90 Å². The molecule has 10 aromatic rings. The minimum Gasteiger partial charge on any atom is -0.354 e. The lowest BCUT2D eigenvalue weighted by Crippen LogP contribution is -2.10. The van der Waals surface area contributed by atoms with E-state index in [0.29, 0.717) is 0 Å². The van der Waals surface area contributed by atoms with Crippen molar-refractivity contribution < 1.29 is 0 Å². The van der Waals surface area contributed by atoms with Crippen LogP contribution in [0.1, 0.15) is 0 Å². The van der Waals surface area contributed by atoms with Gasteiger partial charge in [-0.3, -0.25) is 0 Å². The summed E-state index contributed by atoms with van der Waals surface area (Å²) < 4.78 is 2.27. The fourth-order valence-electron chi connectivity index (χ4n) is 8.61. The molecule has 0 fully saturated rings. The number of H-pyrrole nitrogens is 1. The van der Waals surface area contributed by atoms with Crippen LogP contribution in [0.5, 0.6) is 0 Å². The molecular weight excluding hydrogens is 715 g/mol. The van der Waals surface area contributed by atoms with E-state index >= 15 is 0 Å². The third-order valence-electron chi connectivity index (χ3n) is 11.3. The number of para-hydroxylation sites is 2. The number of allylic oxidation sites excluding steroid dienone is 5. The van der Waals surface area contributed by atoms with Crippen molar-refractivity contribution in [1.82, 2.24) is 9.55 Å². The first kappa shape index (κ1) is 35.4. The average molecular weight is 754 g/mol. The maximum absolute atomic E-state index is 5.53. The normalized spacial score (nSPS) is 11.8. The summed E-state index contributed by atoms with van der Waals surface area (Å²) in [6.07, 6.45) is 13.0. The van der Waals surface area contributed by atoms with E-state index in [0.717, 1.165) is 56.0 Å². The van der Waals surface area contributed by atoms with Crippen LogP contribution in [0.2, 0.25) is 0 Å². The number of terminal acetylenes is 1. The third kappa shape index (κ3) is 6.21. The van der Waals surface area contributed by atoms with Crippen LogP contribution in [0.3, 0.4) is 0 Å². The average Bonchev–Trinajstić information content (AvgIpc) is 3.86. The highest BCUT2D eigenvalue weighted by atomic mass is 15.1. The minimum atomic E-state index is 0.950. The molecule has 278 valence electrons. The van der Waals surface area contributed by atoms with E-state index in [9.17, 15) is 0 Å². The molecule has 10 rings (SSSR count). The molecule has 0 aliphatic heterocycles. The SMILES string of the molecule is C#C/C=C\C=C(/C=C)n1c2ccccc2c2c(-c3ccc(N(c4ccc(-c5ccccc5)cc4)c4ccc(-c5ccccc5)c5[nH]c6ccccc6c45)cc3)cccc21. The van der Waals surface area contributed by atoms with E-state index < -0.39 is 0 Å². The lowest BCUT2D eigenvalue weighted by atomic mass is 9.98. The Kier molecular flexibility index (Phi) is 9.06. The minimum absolute atomic E-state index is 0.950. The first-order chi connectivity index (χ1) is 29.2. The van der Waals surface area contributed by atoms with Crippen LogP contribution >= 0.6 is 0 Å². The highest BCUT2D eigenvalue weighted by molar-refractivity contribution is 6.19. The first-order valence-corrected chi connectivity index (χ1v) is 19.8. The van der Waals surface area contributed by atoms with Gasteiger partial charge < -0.3 is 14.5 Å². The van der Waals surface area contributed by atoms with Crippen LogP contribution in [0.25, 0.3) is 82.7 Å². The molecule has 0 bridgehead atoms. The molecule has 0 aliphatic rings. The Labute approximate surface area is 344 Å². The zero-order valence-corrected chi connectivity index (χ0v) is 32.4. The van der Waals surface area contributed by atoms with Crippen LogP contribution in [0.15, 0.2) is 219 Å². The standard InChI is InChI=1S/C56H39N3/c1-3-5-8-22-43(4-2)59-51-27-16-14-24-49(51)54-46(25-17-28-52(54)59)42-31-35-45(36-32-42)58(44-33-29-40(30-34-44)39-18-9-6-10-19-39)53-38-37-47(41-20-11-7-12-21-41)56-55(53)48-23-13-15-26-50(48)57-56/h1,4-38,57H,2H2/b8-5-,43-22+. The smallest absolute Gasteiger partial charge is 0.0565 e. The third-order valence-corrected chi connectivity index (χ3v) is 11.3. The fraction of sp³-hybridized carbons (Fsp3) is 0. The van der Waals surface area contributed by atoms with E-state index in [-0.39, 0.29) is 0 Å². The molecule has 0 unspecified atom stereocenters. The first-order valence-electron chi connectivity index (χ1n) is 19.8. The molecule has 0 atom stereocenters. The lowest BCUT2D eigenvalue weighted by molar-refractivity contribution is 1.24. The van der Waals surface area contributed by atoms with Gasteiger partial charge in [0.15, 0.2) is 0 Å². The predicted molar refractivity (Wildman–Crippen MR) is 252 cm³/mol. The number of hydrogen-bond donors (Lipinski definition) is 1. The molecule has 0 spiro atoms. The summed E-state index contributed by atoms with van der Waals surface area (Å²) in [5.41, 5.74) is 15.6. The summed E-state index contributed by atoms with van der Waals surface area (Å²) >= 11 is 0. The van der Waals surface area contributed by atoms with Crippen molar-refractivity contribution in [2.45, 2.75) is 0 Å². The summed E-state index contributed by atoms with van der Waals surface area (Å²) in [5, 5.41) is 4.73. The van der Waals surface area contributed by atoms with Crippen molar-refractivity contribution in [2.24, 2.45) is 0 Å². The number of aromatic nitrogens is 2. The van der Waals surface area contributed by atoms with E-state index in [1.807, 2.05) is 18.2 Å². The molecular formula is C56H39N3. The fourth-order valence-corrected chi connectivity index (χ4v) is 8.61. The molecule has 59 heavy (non-hydrogen) atoms. The van der Waals surface area contributed by atoms with Gasteiger partial charge in [0.05, 0.1) is 22.2 Å². The van der Waals surface area contributed by atoms with Crippen LogP contribution in [-0.4, -0.2) is 9.55 Å². The van der Waals surface area contributed by atoms with Crippen molar-refractivity contribution in [3.05, 3.63) is 219 Å². The molecule has 0 amide bonds. The van der Waals surface area contributed by atoms with Gasteiger partial charge >= 0.3 is 0 Å². The Bertz CT molecular complexity index is 3260. The Morgan fingerprint density at radius 3 is 1.85 bits per heavy atom. The molecule has 2 heterocycles. The maximum atomic E-state index is 5.53. The van der Waals surface area contributed by atoms with Crippen LogP contribution in [0.4, 0.5) is 17.1 Å². The maximum Gasteiger partial charge on any atom is 0.0565 e. The summed E-state index contributed by atoms with van der Waals surface area (Å²) in [6.45, 7) is 4.16. The Balaban J connectivity index is 1.16. The second-order valence-corrected chi connectivity index (χ2v) is 14.6. The van der Waals surface area contributed by atoms with Gasteiger partial charge in [-0.2, -0.15) is 0 Å². The largest absolute Gasteiger partial charge is 0.354 e. The molecule has 3 nitrogen and oxygen atoms in total. The number of fused-ring (bicyclic) bond motifs is 6. The van der Waals surface area contributed by atoms with Crippen LogP contribution in [0, 0.1) is 12.3 Å². The predicted octanol–water partition coefficient (Wildman–Crippen LogP) is 15.1. The van der Waals surface area contributed by atoms with Gasteiger partial charge in [-0.05, 0) is 94.6 Å². The number of rotatable bonds is 9. The summed E-state index contributed by atoms with van der Waals surface area (Å²) in [5.74, 6) is 2.59. The van der Waals surface area contributed by atoms with Gasteiger partial charge in [0.1, 0.15) is 0 Å². The topological polar surface area (TPSA) is 24.0 Å². The number of nitrogens with zero attached hydrogens (tertiary/aromatic N) is 2. The molecule has 0 aliphatic carbocycles. The van der Waals surface area contributed by atoms with Crippen molar-refractivity contribution in [1.29, 1.82) is 0 Å². The number of nitrogens with one attached hydrogen (secondary N) is 1. The highest BCUT2D eigenvalue weighted by Crippen LogP contribution is 2.46. The van der Waals surface area contributed by atoms with E-state index in [1.165, 1.54) is 43.8 Å². The van der Waals surface area contributed by atoms with Gasteiger partial charge in [-0.1, -0.05) is 158 Å². The van der Waals surface area contributed by atoms with Crippen molar-refractivity contribution in [2.75, 3.05) is 4.90 Å². The molecule has 0 saturated carbocycles. The van der Waals surface area contributed by atoms with Gasteiger partial charge in [-0.25, -0.2) is 0 Å². The van der Waals surface area contributed by atoms with E-state index in [1.54, 1.807) is 6.08 Å². The molecule has 0 saturated heterocycles. The Hall–Kier alpha value is -8.06. The number of benzene rings is 8. The quantitative estimate of drug-likeness (QED) is 0.115. The van der Waals surface area contributed by atoms with Crippen molar-refractivity contribution >= 4 is 66.4 Å². The molecule has 1 N–H and O–H groups in total. The van der Waals surface area contributed by atoms with Crippen LogP contribution in [-0.2, 0) is 0 Å². The summed E-state index contributed by atoms with van der Waals surface area (Å²) in [6, 6.07) is 67.4. The van der Waals surface area contributed by atoms with Gasteiger partial charge in [0.25, 0.3) is 0 Å². The zero-order valence-electron chi connectivity index (χ0n) is 32.4. The second-order valence-electron chi connectivity index (χ2n) is 14.6. The Morgan fingerprint density at radius 1 is 0.542 bits per heavy atom. The van der Waals surface area contributed by atoms with Crippen molar-refractivity contribution in [3.8, 4) is 45.7 Å². The zero-order chi connectivity index (χ0) is 39.7. The van der Waals surface area contributed by atoms with Gasteiger partial charge in [-0.15, -0.1) is 6.42 Å². The highest BCUT2D eigenvalue weighted by Gasteiger charge is 2.22. The number of anilines is 3. The number of aromatic amines is 1. The molecule has 8 aromatic carbocycles.